The first-order valence-electron chi connectivity index (χ1n) is 10.8. The van der Waals surface area contributed by atoms with Crippen molar-refractivity contribution in [3.8, 4) is 0 Å². The van der Waals surface area contributed by atoms with Crippen molar-refractivity contribution in [3.05, 3.63) is 71.8 Å². The summed E-state index contributed by atoms with van der Waals surface area (Å²) in [4.78, 5) is 52.8. The van der Waals surface area contributed by atoms with Gasteiger partial charge in [-0.1, -0.05) is 48.5 Å². The van der Waals surface area contributed by atoms with Crippen LogP contribution in [0.25, 0.3) is 0 Å². The molecule has 0 aliphatic carbocycles. The van der Waals surface area contributed by atoms with E-state index in [1.54, 1.807) is 67.6 Å². The van der Waals surface area contributed by atoms with E-state index in [9.17, 15) is 19.2 Å². The van der Waals surface area contributed by atoms with Gasteiger partial charge < -0.3 is 24.6 Å². The van der Waals surface area contributed by atoms with Gasteiger partial charge in [0.1, 0.15) is 0 Å². The number of hydrogen-bond donors (Lipinski definition) is 1. The van der Waals surface area contributed by atoms with Crippen LogP contribution in [0.4, 0.5) is 4.79 Å². The fourth-order valence-corrected chi connectivity index (χ4v) is 3.39. The summed E-state index contributed by atoms with van der Waals surface area (Å²) in [6.07, 6.45) is -0.407. The van der Waals surface area contributed by atoms with Crippen LogP contribution in [0.5, 0.6) is 0 Å². The van der Waals surface area contributed by atoms with Crippen molar-refractivity contribution in [2.45, 2.75) is 13.0 Å². The maximum atomic E-state index is 12.8. The SMILES string of the molecule is CCOC(=O)N1CCN(C(=O)COC(=O)C(NC(=O)c2ccccc2)c2ccccc2)CC1. The highest BCUT2D eigenvalue weighted by Gasteiger charge is 2.28. The number of carbonyl (C=O) groups is 4. The second-order valence-electron chi connectivity index (χ2n) is 7.36. The van der Waals surface area contributed by atoms with Gasteiger partial charge in [0.15, 0.2) is 12.6 Å². The van der Waals surface area contributed by atoms with Gasteiger partial charge in [0, 0.05) is 31.7 Å². The van der Waals surface area contributed by atoms with Crippen LogP contribution in [0.3, 0.4) is 0 Å². The molecule has 174 valence electrons. The van der Waals surface area contributed by atoms with Crippen molar-refractivity contribution < 1.29 is 28.7 Å². The van der Waals surface area contributed by atoms with Crippen LogP contribution in [0.15, 0.2) is 60.7 Å². The Morgan fingerprint density at radius 3 is 2.03 bits per heavy atom. The van der Waals surface area contributed by atoms with Crippen molar-refractivity contribution >= 4 is 23.9 Å². The molecule has 2 aromatic rings. The van der Waals surface area contributed by atoms with E-state index in [0.29, 0.717) is 37.3 Å². The third kappa shape index (κ3) is 6.55. The number of benzene rings is 2. The Bertz CT molecular complexity index is 959. The first-order valence-corrected chi connectivity index (χ1v) is 10.8. The molecule has 1 N–H and O–H groups in total. The largest absolute Gasteiger partial charge is 0.454 e. The van der Waals surface area contributed by atoms with Crippen LogP contribution >= 0.6 is 0 Å². The van der Waals surface area contributed by atoms with Crippen molar-refractivity contribution in [3.63, 3.8) is 0 Å². The van der Waals surface area contributed by atoms with Gasteiger partial charge in [0.05, 0.1) is 6.61 Å². The van der Waals surface area contributed by atoms with E-state index in [4.69, 9.17) is 9.47 Å². The van der Waals surface area contributed by atoms with E-state index in [-0.39, 0.29) is 12.5 Å². The van der Waals surface area contributed by atoms with E-state index < -0.39 is 30.6 Å². The van der Waals surface area contributed by atoms with Gasteiger partial charge in [0.25, 0.3) is 11.8 Å². The summed E-state index contributed by atoms with van der Waals surface area (Å²) in [7, 11) is 0. The molecule has 1 fully saturated rings. The predicted molar refractivity (Wildman–Crippen MR) is 119 cm³/mol. The summed E-state index contributed by atoms with van der Waals surface area (Å²) in [6, 6.07) is 16.2. The molecule has 9 nitrogen and oxygen atoms in total. The van der Waals surface area contributed by atoms with Crippen LogP contribution < -0.4 is 5.32 Å². The second-order valence-corrected chi connectivity index (χ2v) is 7.36. The molecule has 0 saturated carbocycles. The van der Waals surface area contributed by atoms with Crippen molar-refractivity contribution in [2.75, 3.05) is 39.4 Å². The molecule has 0 radical (unpaired) electrons. The molecule has 0 spiro atoms. The molecule has 3 amide bonds. The summed E-state index contributed by atoms with van der Waals surface area (Å²) < 4.78 is 10.2. The van der Waals surface area contributed by atoms with E-state index >= 15 is 0 Å². The molecule has 1 saturated heterocycles. The molecule has 1 aliphatic heterocycles. The van der Waals surface area contributed by atoms with E-state index in [1.807, 2.05) is 0 Å². The number of hydrogen-bond acceptors (Lipinski definition) is 6. The summed E-state index contributed by atoms with van der Waals surface area (Å²) in [6.45, 7) is 2.90. The molecule has 1 atom stereocenters. The molecular formula is C24H27N3O6. The highest BCUT2D eigenvalue weighted by atomic mass is 16.6. The van der Waals surface area contributed by atoms with Crippen molar-refractivity contribution in [1.82, 2.24) is 15.1 Å². The molecule has 2 aromatic carbocycles. The lowest BCUT2D eigenvalue weighted by molar-refractivity contribution is -0.154. The number of amides is 3. The average molecular weight is 453 g/mol. The van der Waals surface area contributed by atoms with Crippen molar-refractivity contribution in [2.24, 2.45) is 0 Å². The minimum Gasteiger partial charge on any atom is -0.454 e. The normalized spacial score (nSPS) is 14.2. The number of ether oxygens (including phenoxy) is 2. The lowest BCUT2D eigenvalue weighted by Crippen LogP contribution is -2.51. The number of rotatable bonds is 7. The van der Waals surface area contributed by atoms with Gasteiger partial charge in [-0.3, -0.25) is 9.59 Å². The molecule has 33 heavy (non-hydrogen) atoms. The van der Waals surface area contributed by atoms with E-state index in [2.05, 4.69) is 5.32 Å². The van der Waals surface area contributed by atoms with Crippen molar-refractivity contribution in [1.29, 1.82) is 0 Å². The molecule has 0 aromatic heterocycles. The van der Waals surface area contributed by atoms with E-state index in [0.717, 1.165) is 0 Å². The van der Waals surface area contributed by atoms with Crippen LogP contribution in [0.2, 0.25) is 0 Å². The minimum absolute atomic E-state index is 0.289. The van der Waals surface area contributed by atoms with Crippen LogP contribution in [-0.2, 0) is 19.1 Å². The number of esters is 1. The Hall–Kier alpha value is -3.88. The molecule has 1 unspecified atom stereocenters. The molecular weight excluding hydrogens is 426 g/mol. The molecule has 1 heterocycles. The molecule has 3 rings (SSSR count). The fourth-order valence-electron chi connectivity index (χ4n) is 3.39. The Morgan fingerprint density at radius 1 is 0.848 bits per heavy atom. The summed E-state index contributed by atoms with van der Waals surface area (Å²) in [5.41, 5.74) is 0.948. The fraction of sp³-hybridized carbons (Fsp3) is 0.333. The first-order chi connectivity index (χ1) is 16.0. The summed E-state index contributed by atoms with van der Waals surface area (Å²) in [5.74, 6) is -1.53. The summed E-state index contributed by atoms with van der Waals surface area (Å²) in [5, 5.41) is 2.69. The molecule has 9 heteroatoms. The van der Waals surface area contributed by atoms with Gasteiger partial charge in [0.2, 0.25) is 0 Å². The van der Waals surface area contributed by atoms with Gasteiger partial charge in [-0.25, -0.2) is 9.59 Å². The number of nitrogens with zero attached hydrogens (tertiary/aromatic N) is 2. The first kappa shape index (κ1) is 23.8. The zero-order valence-electron chi connectivity index (χ0n) is 18.4. The monoisotopic (exact) mass is 453 g/mol. The zero-order chi connectivity index (χ0) is 23.6. The van der Waals surface area contributed by atoms with Crippen LogP contribution in [0, 0.1) is 0 Å². The highest BCUT2D eigenvalue weighted by molar-refractivity contribution is 5.97. The topological polar surface area (TPSA) is 105 Å². The van der Waals surface area contributed by atoms with E-state index in [1.165, 1.54) is 9.80 Å². The maximum absolute atomic E-state index is 12.8. The smallest absolute Gasteiger partial charge is 0.409 e. The number of nitrogens with one attached hydrogen (secondary N) is 1. The summed E-state index contributed by atoms with van der Waals surface area (Å²) >= 11 is 0. The van der Waals surface area contributed by atoms with Gasteiger partial charge in [-0.05, 0) is 24.6 Å². The quantitative estimate of drug-likeness (QED) is 0.643. The van der Waals surface area contributed by atoms with Crippen LogP contribution in [0.1, 0.15) is 28.9 Å². The van der Waals surface area contributed by atoms with Gasteiger partial charge in [-0.2, -0.15) is 0 Å². The Labute approximate surface area is 192 Å². The Balaban J connectivity index is 1.58. The molecule has 0 bridgehead atoms. The third-order valence-corrected chi connectivity index (χ3v) is 5.18. The lowest BCUT2D eigenvalue weighted by Gasteiger charge is -2.34. The number of piperazine rings is 1. The molecule has 1 aliphatic rings. The standard InChI is InChI=1S/C24H27N3O6/c1-2-32-24(31)27-15-13-26(14-16-27)20(28)17-33-23(30)21(18-9-5-3-6-10-18)25-22(29)19-11-7-4-8-12-19/h3-12,21H,2,13-17H2,1H3,(H,25,29). The van der Waals surface area contributed by atoms with Gasteiger partial charge in [-0.15, -0.1) is 0 Å². The second kappa shape index (κ2) is 11.7. The minimum atomic E-state index is -1.06. The third-order valence-electron chi connectivity index (χ3n) is 5.18. The predicted octanol–water partition coefficient (Wildman–Crippen LogP) is 2.00. The zero-order valence-corrected chi connectivity index (χ0v) is 18.4. The van der Waals surface area contributed by atoms with Crippen LogP contribution in [-0.4, -0.2) is 73.1 Å². The Morgan fingerprint density at radius 2 is 1.42 bits per heavy atom. The highest BCUT2D eigenvalue weighted by Crippen LogP contribution is 2.16. The lowest BCUT2D eigenvalue weighted by atomic mass is 10.1. The Kier molecular flexibility index (Phi) is 8.40. The average Bonchev–Trinajstić information content (AvgIpc) is 2.86. The number of carbonyl (C=O) groups excluding carboxylic acids is 4. The van der Waals surface area contributed by atoms with Gasteiger partial charge >= 0.3 is 12.1 Å². The maximum Gasteiger partial charge on any atom is 0.409 e.